The average molecular weight is 299 g/mol. The molecule has 1 atom stereocenters. The summed E-state index contributed by atoms with van der Waals surface area (Å²) in [5.74, 6) is -0.198. The van der Waals surface area contributed by atoms with Crippen LogP contribution in [-0.4, -0.2) is 26.4 Å². The van der Waals surface area contributed by atoms with Gasteiger partial charge in [0.2, 0.25) is 15.9 Å². The molecule has 1 rings (SSSR count). The number of carbonyl (C=O) groups excluding carboxylic acids is 1. The maximum absolute atomic E-state index is 11.9. The molecule has 0 bridgehead atoms. The predicted octanol–water partition coefficient (Wildman–Crippen LogP) is 1.05. The number of rotatable bonds is 6. The molecule has 0 fully saturated rings. The zero-order valence-corrected chi connectivity index (χ0v) is 12.7. The van der Waals surface area contributed by atoms with E-state index in [-0.39, 0.29) is 29.3 Å². The van der Waals surface area contributed by atoms with Crippen molar-refractivity contribution in [3.8, 4) is 0 Å². The number of amides is 1. The first-order chi connectivity index (χ1) is 9.20. The second kappa shape index (κ2) is 6.83. The number of carbonyl (C=O) groups is 1. The summed E-state index contributed by atoms with van der Waals surface area (Å²) in [5, 5.41) is 2.66. The van der Waals surface area contributed by atoms with Gasteiger partial charge in [-0.1, -0.05) is 0 Å². The Morgan fingerprint density at radius 3 is 2.20 bits per heavy atom. The lowest BCUT2D eigenvalue weighted by molar-refractivity contribution is -0.116. The maximum atomic E-state index is 11.9. The first kappa shape index (κ1) is 16.6. The van der Waals surface area contributed by atoms with Gasteiger partial charge in [0, 0.05) is 24.2 Å². The minimum absolute atomic E-state index is 0.163. The third-order valence-corrected chi connectivity index (χ3v) is 4.02. The van der Waals surface area contributed by atoms with Crippen molar-refractivity contribution in [2.45, 2.75) is 44.2 Å². The van der Waals surface area contributed by atoms with E-state index in [4.69, 9.17) is 5.73 Å². The van der Waals surface area contributed by atoms with E-state index in [2.05, 4.69) is 10.0 Å². The monoisotopic (exact) mass is 299 g/mol. The standard InChI is InChI=1S/C13H21N3O3S/c1-9(2)16-20(18,19)12-6-4-11(5-7-12)15-13(17)8-10(3)14/h4-7,9-10,16H,8,14H2,1-3H3,(H,15,17). The van der Waals surface area contributed by atoms with Gasteiger partial charge in [0.05, 0.1) is 4.90 Å². The molecule has 0 aromatic heterocycles. The van der Waals surface area contributed by atoms with Crippen LogP contribution in [0.2, 0.25) is 0 Å². The molecule has 1 unspecified atom stereocenters. The summed E-state index contributed by atoms with van der Waals surface area (Å²) in [7, 11) is -3.51. The highest BCUT2D eigenvalue weighted by molar-refractivity contribution is 7.89. The quantitative estimate of drug-likeness (QED) is 0.730. The SMILES string of the molecule is CC(N)CC(=O)Nc1ccc(S(=O)(=O)NC(C)C)cc1. The molecule has 0 saturated heterocycles. The van der Waals surface area contributed by atoms with E-state index in [9.17, 15) is 13.2 Å². The van der Waals surface area contributed by atoms with Crippen molar-refractivity contribution in [1.29, 1.82) is 0 Å². The van der Waals surface area contributed by atoms with Crippen LogP contribution in [-0.2, 0) is 14.8 Å². The smallest absolute Gasteiger partial charge is 0.240 e. The zero-order valence-electron chi connectivity index (χ0n) is 11.9. The van der Waals surface area contributed by atoms with Crippen LogP contribution in [0.5, 0.6) is 0 Å². The van der Waals surface area contributed by atoms with Gasteiger partial charge in [-0.3, -0.25) is 4.79 Å². The van der Waals surface area contributed by atoms with Crippen molar-refractivity contribution in [2.75, 3.05) is 5.32 Å². The molecule has 0 aliphatic heterocycles. The largest absolute Gasteiger partial charge is 0.327 e. The number of benzene rings is 1. The fourth-order valence-electron chi connectivity index (χ4n) is 1.60. The van der Waals surface area contributed by atoms with E-state index < -0.39 is 10.0 Å². The highest BCUT2D eigenvalue weighted by Crippen LogP contribution is 2.14. The van der Waals surface area contributed by atoms with Crippen LogP contribution in [0.3, 0.4) is 0 Å². The Morgan fingerprint density at radius 1 is 1.20 bits per heavy atom. The van der Waals surface area contributed by atoms with Gasteiger partial charge in [-0.2, -0.15) is 0 Å². The van der Waals surface area contributed by atoms with E-state index in [1.54, 1.807) is 32.9 Å². The highest BCUT2D eigenvalue weighted by Gasteiger charge is 2.15. The molecule has 7 heteroatoms. The number of nitrogens with two attached hydrogens (primary N) is 1. The van der Waals surface area contributed by atoms with Crippen molar-refractivity contribution in [3.05, 3.63) is 24.3 Å². The summed E-state index contributed by atoms with van der Waals surface area (Å²) in [6.45, 7) is 5.24. The lowest BCUT2D eigenvalue weighted by Gasteiger charge is -2.11. The summed E-state index contributed by atoms with van der Waals surface area (Å²) in [6.07, 6.45) is 0.217. The van der Waals surface area contributed by atoms with E-state index in [1.165, 1.54) is 12.1 Å². The first-order valence-electron chi connectivity index (χ1n) is 6.38. The van der Waals surface area contributed by atoms with Crippen LogP contribution in [0.1, 0.15) is 27.2 Å². The fraction of sp³-hybridized carbons (Fsp3) is 0.462. The summed E-state index contributed by atoms with van der Waals surface area (Å²) in [4.78, 5) is 11.7. The van der Waals surface area contributed by atoms with Gasteiger partial charge in [0.25, 0.3) is 0 Å². The summed E-state index contributed by atoms with van der Waals surface area (Å²) >= 11 is 0. The molecule has 1 amide bonds. The molecular weight excluding hydrogens is 278 g/mol. The van der Waals surface area contributed by atoms with Crippen LogP contribution in [0.15, 0.2) is 29.2 Å². The van der Waals surface area contributed by atoms with Crippen LogP contribution in [0, 0.1) is 0 Å². The van der Waals surface area contributed by atoms with Crippen LogP contribution in [0.25, 0.3) is 0 Å². The average Bonchev–Trinajstić information content (AvgIpc) is 2.26. The van der Waals surface area contributed by atoms with Crippen molar-refractivity contribution in [2.24, 2.45) is 5.73 Å². The fourth-order valence-corrected chi connectivity index (χ4v) is 2.85. The molecule has 1 aromatic carbocycles. The molecule has 0 aliphatic carbocycles. The van der Waals surface area contributed by atoms with Crippen LogP contribution >= 0.6 is 0 Å². The molecule has 0 aliphatic rings. The lowest BCUT2D eigenvalue weighted by Crippen LogP contribution is -2.30. The van der Waals surface area contributed by atoms with Crippen molar-refractivity contribution >= 4 is 21.6 Å². The molecule has 1 aromatic rings. The number of sulfonamides is 1. The third kappa shape index (κ3) is 5.28. The number of anilines is 1. The predicted molar refractivity (Wildman–Crippen MR) is 78.8 cm³/mol. The topological polar surface area (TPSA) is 101 Å². The Kier molecular flexibility index (Phi) is 5.67. The van der Waals surface area contributed by atoms with Crippen molar-refractivity contribution < 1.29 is 13.2 Å². The van der Waals surface area contributed by atoms with E-state index >= 15 is 0 Å². The summed E-state index contributed by atoms with van der Waals surface area (Å²) in [5.41, 5.74) is 6.07. The second-order valence-corrected chi connectivity index (χ2v) is 6.74. The molecule has 0 radical (unpaired) electrons. The maximum Gasteiger partial charge on any atom is 0.240 e. The van der Waals surface area contributed by atoms with E-state index in [0.29, 0.717) is 5.69 Å². The molecule has 0 heterocycles. The number of nitrogens with one attached hydrogen (secondary N) is 2. The Hall–Kier alpha value is -1.44. The molecule has 20 heavy (non-hydrogen) atoms. The van der Waals surface area contributed by atoms with Gasteiger partial charge in [0.1, 0.15) is 0 Å². The van der Waals surface area contributed by atoms with Crippen molar-refractivity contribution in [1.82, 2.24) is 4.72 Å². The van der Waals surface area contributed by atoms with Crippen LogP contribution < -0.4 is 15.8 Å². The Labute approximate surface area is 119 Å². The highest BCUT2D eigenvalue weighted by atomic mass is 32.2. The Morgan fingerprint density at radius 2 is 1.75 bits per heavy atom. The van der Waals surface area contributed by atoms with E-state index in [1.807, 2.05) is 0 Å². The lowest BCUT2D eigenvalue weighted by atomic mass is 10.2. The Balaban J connectivity index is 2.77. The zero-order chi connectivity index (χ0) is 15.3. The molecule has 112 valence electrons. The first-order valence-corrected chi connectivity index (χ1v) is 7.87. The number of hydrogen-bond acceptors (Lipinski definition) is 4. The van der Waals surface area contributed by atoms with Crippen LogP contribution in [0.4, 0.5) is 5.69 Å². The number of hydrogen-bond donors (Lipinski definition) is 3. The van der Waals surface area contributed by atoms with E-state index in [0.717, 1.165) is 0 Å². The summed E-state index contributed by atoms with van der Waals surface area (Å²) < 4.78 is 26.3. The summed E-state index contributed by atoms with van der Waals surface area (Å²) in [6, 6.07) is 5.61. The van der Waals surface area contributed by atoms with Gasteiger partial charge in [-0.15, -0.1) is 0 Å². The van der Waals surface area contributed by atoms with Gasteiger partial charge >= 0.3 is 0 Å². The van der Waals surface area contributed by atoms with Gasteiger partial charge in [-0.25, -0.2) is 13.1 Å². The Bertz CT molecular complexity index is 551. The molecular formula is C13H21N3O3S. The normalized spacial score (nSPS) is 13.2. The molecule has 4 N–H and O–H groups in total. The van der Waals surface area contributed by atoms with Crippen molar-refractivity contribution in [3.63, 3.8) is 0 Å². The molecule has 6 nitrogen and oxygen atoms in total. The van der Waals surface area contributed by atoms with Gasteiger partial charge < -0.3 is 11.1 Å². The second-order valence-electron chi connectivity index (χ2n) is 5.03. The minimum Gasteiger partial charge on any atom is -0.327 e. The van der Waals surface area contributed by atoms with Gasteiger partial charge in [-0.05, 0) is 45.0 Å². The third-order valence-electron chi connectivity index (χ3n) is 2.35. The minimum atomic E-state index is -3.51. The molecule has 0 spiro atoms. The molecule has 0 saturated carbocycles. The van der Waals surface area contributed by atoms with Gasteiger partial charge in [0.15, 0.2) is 0 Å².